The lowest BCUT2D eigenvalue weighted by Crippen LogP contribution is -2.48. The smallest absolute Gasteiger partial charge is 0.227 e. The van der Waals surface area contributed by atoms with Crippen LogP contribution < -0.4 is 16.0 Å². The molecule has 0 rings (SSSR count). The predicted octanol–water partition coefficient (Wildman–Crippen LogP) is 1.36. The summed E-state index contributed by atoms with van der Waals surface area (Å²) < 4.78 is 0. The highest BCUT2D eigenvalue weighted by Crippen LogP contribution is 2.13. The maximum absolute atomic E-state index is 11.9. The van der Waals surface area contributed by atoms with Gasteiger partial charge >= 0.3 is 0 Å². The van der Waals surface area contributed by atoms with Crippen LogP contribution in [0.4, 0.5) is 0 Å². The zero-order valence-electron chi connectivity index (χ0n) is 13.3. The van der Waals surface area contributed by atoms with E-state index < -0.39 is 5.41 Å². The standard InChI is InChI=1S/C14H30N4O/c1-7-16-12(19)14(4,5)10-18-13(15-6)17-9-8-11(2)3/h11H,7-10H2,1-6H3,(H,16,19)(H2,15,17,18). The van der Waals surface area contributed by atoms with E-state index in [0.29, 0.717) is 19.0 Å². The van der Waals surface area contributed by atoms with Crippen LogP contribution in [0.5, 0.6) is 0 Å². The lowest BCUT2D eigenvalue weighted by molar-refractivity contribution is -0.128. The van der Waals surface area contributed by atoms with Crippen molar-refractivity contribution in [2.45, 2.75) is 41.0 Å². The van der Waals surface area contributed by atoms with E-state index in [0.717, 1.165) is 18.9 Å². The van der Waals surface area contributed by atoms with E-state index in [-0.39, 0.29) is 5.91 Å². The minimum absolute atomic E-state index is 0.0557. The molecule has 19 heavy (non-hydrogen) atoms. The van der Waals surface area contributed by atoms with Gasteiger partial charge in [0.15, 0.2) is 5.96 Å². The molecule has 0 aromatic heterocycles. The SMILES string of the molecule is CCNC(=O)C(C)(C)CNC(=NC)NCCC(C)C. The molecule has 0 bridgehead atoms. The molecule has 0 saturated carbocycles. The largest absolute Gasteiger partial charge is 0.356 e. The van der Waals surface area contributed by atoms with Crippen molar-refractivity contribution in [2.75, 3.05) is 26.7 Å². The molecule has 0 atom stereocenters. The summed E-state index contributed by atoms with van der Waals surface area (Å²) in [7, 11) is 1.74. The Hall–Kier alpha value is -1.26. The second-order valence-corrected chi connectivity index (χ2v) is 5.78. The Morgan fingerprint density at radius 3 is 2.32 bits per heavy atom. The number of carbonyl (C=O) groups is 1. The summed E-state index contributed by atoms with van der Waals surface area (Å²) >= 11 is 0. The first-order valence-electron chi connectivity index (χ1n) is 7.06. The molecule has 0 heterocycles. The zero-order chi connectivity index (χ0) is 14.9. The third kappa shape index (κ3) is 7.70. The molecule has 1 amide bonds. The quantitative estimate of drug-likeness (QED) is 0.483. The molecule has 0 spiro atoms. The molecule has 0 aliphatic heterocycles. The highest BCUT2D eigenvalue weighted by atomic mass is 16.2. The van der Waals surface area contributed by atoms with Crippen LogP contribution in [0.1, 0.15) is 41.0 Å². The molecule has 0 aromatic rings. The molecule has 5 nitrogen and oxygen atoms in total. The van der Waals surface area contributed by atoms with Crippen molar-refractivity contribution >= 4 is 11.9 Å². The number of nitrogens with zero attached hydrogens (tertiary/aromatic N) is 1. The van der Waals surface area contributed by atoms with Gasteiger partial charge in [0, 0.05) is 26.7 Å². The van der Waals surface area contributed by atoms with Gasteiger partial charge in [-0.2, -0.15) is 0 Å². The average molecular weight is 270 g/mol. The van der Waals surface area contributed by atoms with Crippen LogP contribution in [0.15, 0.2) is 4.99 Å². The molecule has 5 heteroatoms. The minimum Gasteiger partial charge on any atom is -0.356 e. The predicted molar refractivity (Wildman–Crippen MR) is 81.3 cm³/mol. The lowest BCUT2D eigenvalue weighted by Gasteiger charge is -2.25. The second-order valence-electron chi connectivity index (χ2n) is 5.78. The Morgan fingerprint density at radius 2 is 1.84 bits per heavy atom. The minimum atomic E-state index is -0.453. The average Bonchev–Trinajstić information content (AvgIpc) is 2.33. The Kier molecular flexibility index (Phi) is 8.19. The summed E-state index contributed by atoms with van der Waals surface area (Å²) in [5.41, 5.74) is -0.453. The number of aliphatic imine (C=N–C) groups is 1. The van der Waals surface area contributed by atoms with Crippen molar-refractivity contribution < 1.29 is 4.79 Å². The molecule has 0 radical (unpaired) electrons. The molecule has 112 valence electrons. The van der Waals surface area contributed by atoms with Gasteiger partial charge in [0.25, 0.3) is 0 Å². The van der Waals surface area contributed by atoms with E-state index >= 15 is 0 Å². The summed E-state index contributed by atoms with van der Waals surface area (Å²) in [6.07, 6.45) is 1.10. The topological polar surface area (TPSA) is 65.5 Å². The van der Waals surface area contributed by atoms with Crippen LogP contribution >= 0.6 is 0 Å². The normalized spacial score (nSPS) is 12.5. The van der Waals surface area contributed by atoms with Crippen LogP contribution in [0.3, 0.4) is 0 Å². The summed E-state index contributed by atoms with van der Waals surface area (Å²) in [5.74, 6) is 1.47. The van der Waals surface area contributed by atoms with Gasteiger partial charge < -0.3 is 16.0 Å². The van der Waals surface area contributed by atoms with Gasteiger partial charge in [0.2, 0.25) is 5.91 Å². The van der Waals surface area contributed by atoms with Gasteiger partial charge in [-0.15, -0.1) is 0 Å². The Labute approximate surface area is 117 Å². The maximum Gasteiger partial charge on any atom is 0.227 e. The Morgan fingerprint density at radius 1 is 1.21 bits per heavy atom. The Bertz CT molecular complexity index is 298. The zero-order valence-corrected chi connectivity index (χ0v) is 13.3. The molecule has 0 saturated heterocycles. The van der Waals surface area contributed by atoms with Crippen molar-refractivity contribution in [1.29, 1.82) is 0 Å². The maximum atomic E-state index is 11.9. The van der Waals surface area contributed by atoms with Crippen molar-refractivity contribution in [3.05, 3.63) is 0 Å². The van der Waals surface area contributed by atoms with Crippen LogP contribution in [0.2, 0.25) is 0 Å². The number of guanidine groups is 1. The highest BCUT2D eigenvalue weighted by molar-refractivity contribution is 5.84. The third-order valence-electron chi connectivity index (χ3n) is 2.89. The van der Waals surface area contributed by atoms with E-state index in [1.165, 1.54) is 0 Å². The molecule has 0 aliphatic rings. The summed E-state index contributed by atoms with van der Waals surface area (Å²) in [5, 5.41) is 9.30. The number of hydrogen-bond donors (Lipinski definition) is 3. The van der Waals surface area contributed by atoms with E-state index in [9.17, 15) is 4.79 Å². The summed E-state index contributed by atoms with van der Waals surface area (Å²) in [4.78, 5) is 16.0. The number of hydrogen-bond acceptors (Lipinski definition) is 2. The van der Waals surface area contributed by atoms with Crippen molar-refractivity contribution in [3.63, 3.8) is 0 Å². The number of rotatable bonds is 7. The summed E-state index contributed by atoms with van der Waals surface area (Å²) in [6.45, 7) is 12.3. The first-order chi connectivity index (χ1) is 8.83. The van der Waals surface area contributed by atoms with E-state index in [4.69, 9.17) is 0 Å². The monoisotopic (exact) mass is 270 g/mol. The first kappa shape index (κ1) is 17.7. The van der Waals surface area contributed by atoms with Crippen molar-refractivity contribution in [2.24, 2.45) is 16.3 Å². The van der Waals surface area contributed by atoms with Gasteiger partial charge in [0.1, 0.15) is 0 Å². The molecular weight excluding hydrogens is 240 g/mol. The Balaban J connectivity index is 4.16. The van der Waals surface area contributed by atoms with Crippen molar-refractivity contribution in [3.8, 4) is 0 Å². The summed E-state index contributed by atoms with van der Waals surface area (Å²) in [6, 6.07) is 0. The number of carbonyl (C=O) groups excluding carboxylic acids is 1. The van der Waals surface area contributed by atoms with Crippen LogP contribution in [-0.2, 0) is 4.79 Å². The fourth-order valence-electron chi connectivity index (χ4n) is 1.48. The lowest BCUT2D eigenvalue weighted by atomic mass is 9.92. The fraction of sp³-hybridized carbons (Fsp3) is 0.857. The van der Waals surface area contributed by atoms with Gasteiger partial charge in [-0.25, -0.2) is 0 Å². The molecular formula is C14H30N4O. The highest BCUT2D eigenvalue weighted by Gasteiger charge is 2.27. The van der Waals surface area contributed by atoms with E-state index in [1.54, 1.807) is 7.05 Å². The van der Waals surface area contributed by atoms with Crippen molar-refractivity contribution in [1.82, 2.24) is 16.0 Å². The van der Waals surface area contributed by atoms with Crippen LogP contribution in [0, 0.1) is 11.3 Å². The molecule has 3 N–H and O–H groups in total. The third-order valence-corrected chi connectivity index (χ3v) is 2.89. The van der Waals surface area contributed by atoms with Gasteiger partial charge in [0.05, 0.1) is 5.41 Å². The number of nitrogens with one attached hydrogen (secondary N) is 3. The molecule has 0 unspecified atom stereocenters. The second kappa shape index (κ2) is 8.77. The fourth-order valence-corrected chi connectivity index (χ4v) is 1.48. The van der Waals surface area contributed by atoms with Gasteiger partial charge in [-0.1, -0.05) is 13.8 Å². The molecule has 0 aliphatic carbocycles. The number of amides is 1. The first-order valence-corrected chi connectivity index (χ1v) is 7.06. The molecule has 0 fully saturated rings. The van der Waals surface area contributed by atoms with Crippen LogP contribution in [0.25, 0.3) is 0 Å². The van der Waals surface area contributed by atoms with Crippen LogP contribution in [-0.4, -0.2) is 38.5 Å². The van der Waals surface area contributed by atoms with Gasteiger partial charge in [-0.05, 0) is 33.1 Å². The van der Waals surface area contributed by atoms with Gasteiger partial charge in [-0.3, -0.25) is 9.79 Å². The van der Waals surface area contributed by atoms with E-state index in [1.807, 2.05) is 20.8 Å². The molecule has 0 aromatic carbocycles. The van der Waals surface area contributed by atoms with E-state index in [2.05, 4.69) is 34.8 Å².